The third kappa shape index (κ3) is 3.47. The lowest BCUT2D eigenvalue weighted by molar-refractivity contribution is -0.150. The maximum Gasteiger partial charge on any atom is 0.355 e. The van der Waals surface area contributed by atoms with Crippen molar-refractivity contribution in [3.63, 3.8) is 0 Å². The fourth-order valence-corrected chi connectivity index (χ4v) is 0.918. The van der Waals surface area contributed by atoms with Gasteiger partial charge in [-0.2, -0.15) is 0 Å². The van der Waals surface area contributed by atoms with Gasteiger partial charge in [-0.25, -0.2) is 4.79 Å². The second-order valence-electron chi connectivity index (χ2n) is 3.97. The molecule has 0 spiro atoms. The van der Waals surface area contributed by atoms with Crippen LogP contribution in [-0.4, -0.2) is 11.6 Å². The number of rotatable bonds is 1. The SMILES string of the molecule is CC(C)(C)OC(=O)C1=CC=CC=CN1. The van der Waals surface area contributed by atoms with Crippen molar-refractivity contribution in [2.75, 3.05) is 0 Å². The highest BCUT2D eigenvalue weighted by atomic mass is 16.6. The molecular formula is C11H15NO2. The Kier molecular flexibility index (Phi) is 3.12. The molecule has 1 N–H and O–H groups in total. The summed E-state index contributed by atoms with van der Waals surface area (Å²) in [6.45, 7) is 5.52. The van der Waals surface area contributed by atoms with Crippen LogP contribution in [0.2, 0.25) is 0 Å². The summed E-state index contributed by atoms with van der Waals surface area (Å²) in [6, 6.07) is 0. The van der Waals surface area contributed by atoms with Gasteiger partial charge >= 0.3 is 5.97 Å². The van der Waals surface area contributed by atoms with Gasteiger partial charge in [0.2, 0.25) is 0 Å². The first-order valence-corrected chi connectivity index (χ1v) is 4.52. The maximum atomic E-state index is 11.5. The largest absolute Gasteiger partial charge is 0.455 e. The first kappa shape index (κ1) is 10.6. The highest BCUT2D eigenvalue weighted by Crippen LogP contribution is 2.10. The van der Waals surface area contributed by atoms with E-state index in [9.17, 15) is 4.79 Å². The van der Waals surface area contributed by atoms with Gasteiger partial charge in [-0.3, -0.25) is 0 Å². The van der Waals surface area contributed by atoms with Gasteiger partial charge in [-0.05, 0) is 32.9 Å². The fraction of sp³-hybridized carbons (Fsp3) is 0.364. The molecule has 0 aromatic rings. The Hall–Kier alpha value is -1.51. The lowest BCUT2D eigenvalue weighted by Crippen LogP contribution is -2.28. The molecule has 3 nitrogen and oxygen atoms in total. The van der Waals surface area contributed by atoms with Gasteiger partial charge in [0, 0.05) is 6.20 Å². The summed E-state index contributed by atoms with van der Waals surface area (Å²) in [6.07, 6.45) is 8.82. The zero-order chi connectivity index (χ0) is 10.6. The lowest BCUT2D eigenvalue weighted by Gasteiger charge is -2.20. The van der Waals surface area contributed by atoms with E-state index in [0.717, 1.165) is 0 Å². The number of carbonyl (C=O) groups is 1. The molecule has 1 aliphatic heterocycles. The summed E-state index contributed by atoms with van der Waals surface area (Å²) in [5.74, 6) is -0.339. The number of ether oxygens (including phenoxy) is 1. The Morgan fingerprint density at radius 3 is 2.64 bits per heavy atom. The van der Waals surface area contributed by atoms with E-state index in [-0.39, 0.29) is 5.97 Å². The van der Waals surface area contributed by atoms with E-state index >= 15 is 0 Å². The molecule has 0 radical (unpaired) electrons. The molecule has 0 aliphatic carbocycles. The van der Waals surface area contributed by atoms with Crippen LogP contribution < -0.4 is 5.32 Å². The normalized spacial score (nSPS) is 15.5. The third-order valence-corrected chi connectivity index (χ3v) is 1.44. The monoisotopic (exact) mass is 193 g/mol. The highest BCUT2D eigenvalue weighted by Gasteiger charge is 2.18. The molecule has 1 aliphatic rings. The van der Waals surface area contributed by atoms with Crippen LogP contribution in [0.25, 0.3) is 0 Å². The van der Waals surface area contributed by atoms with Gasteiger partial charge in [-0.15, -0.1) is 0 Å². The minimum absolute atomic E-state index is 0.339. The summed E-state index contributed by atoms with van der Waals surface area (Å²) < 4.78 is 5.20. The lowest BCUT2D eigenvalue weighted by atomic mass is 10.2. The van der Waals surface area contributed by atoms with Crippen LogP contribution in [0, 0.1) is 0 Å². The number of esters is 1. The van der Waals surface area contributed by atoms with Crippen molar-refractivity contribution in [2.45, 2.75) is 26.4 Å². The summed E-state index contributed by atoms with van der Waals surface area (Å²) in [5, 5.41) is 2.85. The van der Waals surface area contributed by atoms with Crippen LogP contribution in [0.5, 0.6) is 0 Å². The predicted octanol–water partition coefficient (Wildman–Crippen LogP) is 1.89. The zero-order valence-electron chi connectivity index (χ0n) is 8.70. The van der Waals surface area contributed by atoms with E-state index in [0.29, 0.717) is 5.70 Å². The van der Waals surface area contributed by atoms with Crippen molar-refractivity contribution in [3.05, 3.63) is 36.2 Å². The number of hydrogen-bond acceptors (Lipinski definition) is 3. The van der Waals surface area contributed by atoms with E-state index < -0.39 is 5.60 Å². The molecule has 0 bridgehead atoms. The van der Waals surface area contributed by atoms with Gasteiger partial charge in [-0.1, -0.05) is 12.2 Å². The molecule has 1 rings (SSSR count). The average molecular weight is 193 g/mol. The molecule has 0 unspecified atom stereocenters. The van der Waals surface area contributed by atoms with Gasteiger partial charge in [0.05, 0.1) is 0 Å². The van der Waals surface area contributed by atoms with E-state index in [4.69, 9.17) is 4.74 Å². The Morgan fingerprint density at radius 1 is 1.29 bits per heavy atom. The molecule has 0 amide bonds. The van der Waals surface area contributed by atoms with Gasteiger partial charge in [0.15, 0.2) is 0 Å². The van der Waals surface area contributed by atoms with Gasteiger partial charge in [0.1, 0.15) is 11.3 Å². The second kappa shape index (κ2) is 4.13. The van der Waals surface area contributed by atoms with Crippen molar-refractivity contribution in [2.24, 2.45) is 0 Å². The van der Waals surface area contributed by atoms with Crippen LogP contribution >= 0.6 is 0 Å². The van der Waals surface area contributed by atoms with Crippen molar-refractivity contribution >= 4 is 5.97 Å². The smallest absolute Gasteiger partial charge is 0.355 e. The molecule has 0 atom stereocenters. The van der Waals surface area contributed by atoms with Crippen LogP contribution in [0.4, 0.5) is 0 Å². The standard InChI is InChI=1S/C11H15NO2/c1-11(2,3)14-10(13)9-7-5-4-6-8-12-9/h4-8,12H,1-3H3. The van der Waals surface area contributed by atoms with Gasteiger partial charge in [0.25, 0.3) is 0 Å². The summed E-state index contributed by atoms with van der Waals surface area (Å²) in [5.41, 5.74) is -0.00999. The molecule has 0 aromatic heterocycles. The minimum atomic E-state index is -0.459. The number of nitrogens with one attached hydrogen (secondary N) is 1. The quantitative estimate of drug-likeness (QED) is 0.646. The zero-order valence-corrected chi connectivity index (χ0v) is 8.70. The first-order valence-electron chi connectivity index (χ1n) is 4.52. The van der Waals surface area contributed by atoms with Crippen molar-refractivity contribution < 1.29 is 9.53 Å². The molecule has 1 heterocycles. The molecule has 0 saturated carbocycles. The average Bonchev–Trinajstić information content (AvgIpc) is 2.27. The second-order valence-corrected chi connectivity index (χ2v) is 3.97. The Balaban J connectivity index is 2.66. The molecule has 76 valence electrons. The van der Waals surface area contributed by atoms with Crippen LogP contribution in [0.15, 0.2) is 36.2 Å². The van der Waals surface area contributed by atoms with Crippen molar-refractivity contribution in [1.29, 1.82) is 0 Å². The van der Waals surface area contributed by atoms with E-state index in [1.807, 2.05) is 32.9 Å². The van der Waals surface area contributed by atoms with E-state index in [1.165, 1.54) is 0 Å². The van der Waals surface area contributed by atoms with E-state index in [2.05, 4.69) is 5.32 Å². The van der Waals surface area contributed by atoms with Crippen LogP contribution in [0.3, 0.4) is 0 Å². The molecule has 3 heteroatoms. The van der Waals surface area contributed by atoms with Crippen molar-refractivity contribution in [3.8, 4) is 0 Å². The topological polar surface area (TPSA) is 38.3 Å². The summed E-state index contributed by atoms with van der Waals surface area (Å²) in [7, 11) is 0. The Bertz CT molecular complexity index is 306. The molecule has 14 heavy (non-hydrogen) atoms. The number of allylic oxidation sites excluding steroid dienone is 4. The molecule has 0 aromatic carbocycles. The van der Waals surface area contributed by atoms with Crippen molar-refractivity contribution in [1.82, 2.24) is 5.32 Å². The Morgan fingerprint density at radius 2 is 2.00 bits per heavy atom. The maximum absolute atomic E-state index is 11.5. The molecular weight excluding hydrogens is 178 g/mol. The van der Waals surface area contributed by atoms with Gasteiger partial charge < -0.3 is 10.1 Å². The number of hydrogen-bond donors (Lipinski definition) is 1. The summed E-state index contributed by atoms with van der Waals surface area (Å²) in [4.78, 5) is 11.5. The molecule has 0 fully saturated rings. The molecule has 0 saturated heterocycles. The summed E-state index contributed by atoms with van der Waals surface area (Å²) >= 11 is 0. The fourth-order valence-electron chi connectivity index (χ4n) is 0.918. The van der Waals surface area contributed by atoms with E-state index in [1.54, 1.807) is 18.4 Å². The Labute approximate surface area is 84.1 Å². The number of carbonyl (C=O) groups excluding carboxylic acids is 1. The highest BCUT2D eigenvalue weighted by molar-refractivity contribution is 5.88. The third-order valence-electron chi connectivity index (χ3n) is 1.44. The van der Waals surface area contributed by atoms with Crippen LogP contribution in [0.1, 0.15) is 20.8 Å². The predicted molar refractivity (Wildman–Crippen MR) is 55.3 cm³/mol. The van der Waals surface area contributed by atoms with Crippen LogP contribution in [-0.2, 0) is 9.53 Å². The minimum Gasteiger partial charge on any atom is -0.455 e. The first-order chi connectivity index (χ1) is 6.49.